The summed E-state index contributed by atoms with van der Waals surface area (Å²) in [6, 6.07) is 7.74. The Morgan fingerprint density at radius 1 is 1.56 bits per heavy atom. The van der Waals surface area contributed by atoms with Crippen molar-refractivity contribution in [1.29, 1.82) is 0 Å². The molecule has 1 heterocycles. The van der Waals surface area contributed by atoms with Gasteiger partial charge in [0, 0.05) is 12.2 Å². The molecule has 0 saturated carbocycles. The second-order valence-electron chi connectivity index (χ2n) is 4.68. The molecule has 2 rings (SSSR count). The van der Waals surface area contributed by atoms with Gasteiger partial charge in [-0.15, -0.1) is 0 Å². The molecular formula is C14H20N2O2. The molecule has 2 atom stereocenters. The van der Waals surface area contributed by atoms with Crippen molar-refractivity contribution in [1.82, 2.24) is 5.32 Å². The molecule has 1 aromatic carbocycles. The first-order valence-corrected chi connectivity index (χ1v) is 6.42. The summed E-state index contributed by atoms with van der Waals surface area (Å²) in [4.78, 5) is 12.1. The van der Waals surface area contributed by atoms with Gasteiger partial charge in [-0.3, -0.25) is 4.79 Å². The van der Waals surface area contributed by atoms with Gasteiger partial charge in [0.1, 0.15) is 0 Å². The van der Waals surface area contributed by atoms with Gasteiger partial charge in [0.2, 0.25) is 0 Å². The quantitative estimate of drug-likeness (QED) is 0.838. The zero-order valence-corrected chi connectivity index (χ0v) is 10.7. The molecule has 2 unspecified atom stereocenters. The van der Waals surface area contributed by atoms with E-state index in [0.717, 1.165) is 25.0 Å². The van der Waals surface area contributed by atoms with E-state index in [1.165, 1.54) is 0 Å². The van der Waals surface area contributed by atoms with Crippen LogP contribution in [0.25, 0.3) is 0 Å². The molecule has 0 spiro atoms. The van der Waals surface area contributed by atoms with Crippen molar-refractivity contribution < 1.29 is 9.53 Å². The van der Waals surface area contributed by atoms with Crippen molar-refractivity contribution in [2.75, 3.05) is 13.2 Å². The van der Waals surface area contributed by atoms with Crippen LogP contribution in [0.15, 0.2) is 24.3 Å². The molecule has 18 heavy (non-hydrogen) atoms. The molecule has 1 aliphatic heterocycles. The highest BCUT2D eigenvalue weighted by molar-refractivity contribution is 5.94. The van der Waals surface area contributed by atoms with E-state index in [1.807, 2.05) is 31.2 Å². The summed E-state index contributed by atoms with van der Waals surface area (Å²) >= 11 is 0. The Kier molecular flexibility index (Phi) is 4.33. The lowest BCUT2D eigenvalue weighted by atomic mass is 10.1. The second-order valence-corrected chi connectivity index (χ2v) is 4.68. The summed E-state index contributed by atoms with van der Waals surface area (Å²) in [5.74, 6) is -0.0313. The number of amides is 1. The number of carbonyl (C=O) groups is 1. The van der Waals surface area contributed by atoms with Crippen LogP contribution in [0.1, 0.15) is 29.3 Å². The Labute approximate surface area is 108 Å². The van der Waals surface area contributed by atoms with Crippen LogP contribution >= 0.6 is 0 Å². The van der Waals surface area contributed by atoms with Gasteiger partial charge < -0.3 is 15.8 Å². The molecule has 0 radical (unpaired) electrons. The van der Waals surface area contributed by atoms with Crippen LogP contribution in [0, 0.1) is 0 Å². The van der Waals surface area contributed by atoms with Crippen LogP contribution < -0.4 is 11.1 Å². The largest absolute Gasteiger partial charge is 0.376 e. The lowest BCUT2D eigenvalue weighted by Gasteiger charge is -2.16. The Bertz CT molecular complexity index is 420. The van der Waals surface area contributed by atoms with Gasteiger partial charge in [0.05, 0.1) is 12.1 Å². The maximum absolute atomic E-state index is 12.1. The molecule has 1 fully saturated rings. The normalized spacial score (nSPS) is 23.0. The molecular weight excluding hydrogens is 228 g/mol. The first-order valence-electron chi connectivity index (χ1n) is 6.42. The molecule has 1 aliphatic rings. The van der Waals surface area contributed by atoms with Crippen molar-refractivity contribution in [3.05, 3.63) is 35.4 Å². The van der Waals surface area contributed by atoms with E-state index in [9.17, 15) is 4.79 Å². The third kappa shape index (κ3) is 3.09. The summed E-state index contributed by atoms with van der Waals surface area (Å²) in [5, 5.41) is 3.02. The van der Waals surface area contributed by atoms with E-state index in [2.05, 4.69) is 5.32 Å². The van der Waals surface area contributed by atoms with Gasteiger partial charge in [-0.2, -0.15) is 0 Å². The molecule has 0 aromatic heterocycles. The predicted octanol–water partition coefficient (Wildman–Crippen LogP) is 1.10. The van der Waals surface area contributed by atoms with Gasteiger partial charge in [-0.25, -0.2) is 0 Å². The number of rotatable bonds is 4. The van der Waals surface area contributed by atoms with Gasteiger partial charge in [-0.05, 0) is 44.0 Å². The summed E-state index contributed by atoms with van der Waals surface area (Å²) < 4.78 is 5.43. The zero-order chi connectivity index (χ0) is 13.0. The van der Waals surface area contributed by atoms with Crippen molar-refractivity contribution in [2.24, 2.45) is 5.73 Å². The lowest BCUT2D eigenvalue weighted by Crippen LogP contribution is -2.39. The SMILES string of the molecule is CC1OCCC1NC(=O)c1cccc(CCN)c1. The molecule has 0 aliphatic carbocycles. The maximum atomic E-state index is 12.1. The average Bonchev–Trinajstić information content (AvgIpc) is 2.76. The first-order chi connectivity index (χ1) is 8.70. The number of carbonyl (C=O) groups excluding carboxylic acids is 1. The highest BCUT2D eigenvalue weighted by Crippen LogP contribution is 2.14. The van der Waals surface area contributed by atoms with Crippen molar-refractivity contribution >= 4 is 5.91 Å². The first kappa shape index (κ1) is 13.1. The number of hydrogen-bond donors (Lipinski definition) is 2. The van der Waals surface area contributed by atoms with Gasteiger partial charge >= 0.3 is 0 Å². The molecule has 3 N–H and O–H groups in total. The van der Waals surface area contributed by atoms with E-state index in [-0.39, 0.29) is 18.1 Å². The Hall–Kier alpha value is -1.39. The smallest absolute Gasteiger partial charge is 0.251 e. The maximum Gasteiger partial charge on any atom is 0.251 e. The van der Waals surface area contributed by atoms with Crippen LogP contribution in [-0.4, -0.2) is 31.2 Å². The van der Waals surface area contributed by atoms with Gasteiger partial charge in [0.15, 0.2) is 0 Å². The molecule has 1 amide bonds. The van der Waals surface area contributed by atoms with Gasteiger partial charge in [-0.1, -0.05) is 12.1 Å². The van der Waals surface area contributed by atoms with Crippen molar-refractivity contribution in [2.45, 2.75) is 31.9 Å². The molecule has 4 nitrogen and oxygen atoms in total. The molecule has 1 aromatic rings. The number of nitrogens with one attached hydrogen (secondary N) is 1. The Morgan fingerprint density at radius 2 is 2.39 bits per heavy atom. The summed E-state index contributed by atoms with van der Waals surface area (Å²) in [5.41, 5.74) is 7.31. The number of hydrogen-bond acceptors (Lipinski definition) is 3. The van der Waals surface area contributed by atoms with Crippen molar-refractivity contribution in [3.63, 3.8) is 0 Å². The standard InChI is InChI=1S/C14H20N2O2/c1-10-13(6-8-18-10)16-14(17)12-4-2-3-11(9-12)5-7-15/h2-4,9-10,13H,5-8,15H2,1H3,(H,16,17). The topological polar surface area (TPSA) is 64.3 Å². The van der Waals surface area contributed by atoms with Crippen molar-refractivity contribution in [3.8, 4) is 0 Å². The summed E-state index contributed by atoms with van der Waals surface area (Å²) in [7, 11) is 0. The minimum absolute atomic E-state index is 0.0313. The molecule has 4 heteroatoms. The summed E-state index contributed by atoms with van der Waals surface area (Å²) in [6.45, 7) is 3.31. The fraction of sp³-hybridized carbons (Fsp3) is 0.500. The van der Waals surface area contributed by atoms with Crippen LogP contribution in [0.5, 0.6) is 0 Å². The van der Waals surface area contributed by atoms with E-state index >= 15 is 0 Å². The fourth-order valence-electron chi connectivity index (χ4n) is 2.21. The van der Waals surface area contributed by atoms with Crippen LogP contribution in [-0.2, 0) is 11.2 Å². The highest BCUT2D eigenvalue weighted by Gasteiger charge is 2.25. The second kappa shape index (κ2) is 5.98. The Morgan fingerprint density at radius 3 is 3.06 bits per heavy atom. The number of nitrogens with two attached hydrogens (primary N) is 1. The molecule has 98 valence electrons. The van der Waals surface area contributed by atoms with Crippen LogP contribution in [0.4, 0.5) is 0 Å². The monoisotopic (exact) mass is 248 g/mol. The zero-order valence-electron chi connectivity index (χ0n) is 10.7. The van der Waals surface area contributed by atoms with Crippen LogP contribution in [0.2, 0.25) is 0 Å². The lowest BCUT2D eigenvalue weighted by molar-refractivity contribution is 0.0866. The molecule has 0 bridgehead atoms. The predicted molar refractivity (Wildman–Crippen MR) is 70.5 cm³/mol. The highest BCUT2D eigenvalue weighted by atomic mass is 16.5. The van der Waals surface area contributed by atoms with E-state index in [4.69, 9.17) is 10.5 Å². The fourth-order valence-corrected chi connectivity index (χ4v) is 2.21. The van der Waals surface area contributed by atoms with Crippen LogP contribution in [0.3, 0.4) is 0 Å². The van der Waals surface area contributed by atoms with E-state index in [1.54, 1.807) is 0 Å². The minimum atomic E-state index is -0.0313. The minimum Gasteiger partial charge on any atom is -0.376 e. The summed E-state index contributed by atoms with van der Waals surface area (Å²) in [6.07, 6.45) is 1.78. The van der Waals surface area contributed by atoms with E-state index < -0.39 is 0 Å². The Balaban J connectivity index is 2.01. The third-order valence-corrected chi connectivity index (χ3v) is 3.31. The van der Waals surface area contributed by atoms with E-state index in [0.29, 0.717) is 12.1 Å². The third-order valence-electron chi connectivity index (χ3n) is 3.31. The van der Waals surface area contributed by atoms with Gasteiger partial charge in [0.25, 0.3) is 5.91 Å². The average molecular weight is 248 g/mol. The molecule has 1 saturated heterocycles. The number of ether oxygens (including phenoxy) is 1. The number of benzene rings is 1.